The van der Waals surface area contributed by atoms with Crippen molar-refractivity contribution in [3.63, 3.8) is 0 Å². The van der Waals surface area contributed by atoms with E-state index in [4.69, 9.17) is 11.6 Å². The molecule has 0 aromatic carbocycles. The Bertz CT molecular complexity index is 432. The van der Waals surface area contributed by atoms with Crippen LogP contribution >= 0.6 is 11.6 Å². The summed E-state index contributed by atoms with van der Waals surface area (Å²) in [4.78, 5) is 16.0. The summed E-state index contributed by atoms with van der Waals surface area (Å²) in [5.74, 6) is 0.503. The fourth-order valence-electron chi connectivity index (χ4n) is 1.76. The topological polar surface area (TPSA) is 54.0 Å². The van der Waals surface area contributed by atoms with Crippen LogP contribution in [0.5, 0.6) is 0 Å². The number of rotatable bonds is 3. The molecule has 2 rings (SSSR count). The van der Waals surface area contributed by atoms with E-state index in [1.54, 1.807) is 6.20 Å². The fourth-order valence-corrected chi connectivity index (χ4v) is 1.86. The molecule has 1 unspecified atom stereocenters. The van der Waals surface area contributed by atoms with E-state index in [9.17, 15) is 4.79 Å². The molecule has 1 amide bonds. The molecule has 92 valence electrons. The van der Waals surface area contributed by atoms with Crippen molar-refractivity contribution in [3.8, 4) is 0 Å². The predicted molar refractivity (Wildman–Crippen MR) is 68.1 cm³/mol. The van der Waals surface area contributed by atoms with E-state index in [0.29, 0.717) is 16.8 Å². The first-order valence-electron chi connectivity index (χ1n) is 5.71. The van der Waals surface area contributed by atoms with Crippen molar-refractivity contribution in [3.05, 3.63) is 23.0 Å². The minimum Gasteiger partial charge on any atom is -0.324 e. The van der Waals surface area contributed by atoms with Crippen molar-refractivity contribution < 1.29 is 4.79 Å². The van der Waals surface area contributed by atoms with Crippen LogP contribution in [0, 0.1) is 18.8 Å². The summed E-state index contributed by atoms with van der Waals surface area (Å²) in [6.07, 6.45) is 1.58. The van der Waals surface area contributed by atoms with E-state index in [1.807, 2.05) is 19.9 Å². The minimum absolute atomic E-state index is 0.0206. The lowest BCUT2D eigenvalue weighted by atomic mass is 9.88. The van der Waals surface area contributed by atoms with Gasteiger partial charge >= 0.3 is 0 Å². The molecule has 5 heteroatoms. The number of anilines is 1. The highest BCUT2D eigenvalue weighted by atomic mass is 35.5. The summed E-state index contributed by atoms with van der Waals surface area (Å²) in [6.45, 7) is 5.67. The van der Waals surface area contributed by atoms with Crippen LogP contribution in [0.2, 0.25) is 5.15 Å². The van der Waals surface area contributed by atoms with Gasteiger partial charge in [-0.25, -0.2) is 4.98 Å². The Hall–Kier alpha value is -1.13. The van der Waals surface area contributed by atoms with Crippen molar-refractivity contribution in [1.82, 2.24) is 10.3 Å². The molecule has 4 nitrogen and oxygen atoms in total. The summed E-state index contributed by atoms with van der Waals surface area (Å²) in [5, 5.41) is 6.51. The third-order valence-electron chi connectivity index (χ3n) is 3.22. The zero-order chi connectivity index (χ0) is 12.4. The Labute approximate surface area is 106 Å². The average Bonchev–Trinajstić information content (AvgIpc) is 2.21. The standard InChI is InChI=1S/C12H16ClN3O/c1-7-3-10(6-15-11(7)13)16-12(17)8(2)9-4-14-5-9/h3,6,8-9,14H,4-5H2,1-2H3,(H,16,17). The van der Waals surface area contributed by atoms with Gasteiger partial charge in [0.05, 0.1) is 11.9 Å². The summed E-state index contributed by atoms with van der Waals surface area (Å²) >= 11 is 5.83. The number of hydrogen-bond acceptors (Lipinski definition) is 3. The Kier molecular flexibility index (Phi) is 3.64. The lowest BCUT2D eigenvalue weighted by molar-refractivity contribution is -0.121. The van der Waals surface area contributed by atoms with Crippen LogP contribution in [0.15, 0.2) is 12.3 Å². The summed E-state index contributed by atoms with van der Waals surface area (Å²) in [5.41, 5.74) is 1.57. The van der Waals surface area contributed by atoms with Crippen molar-refractivity contribution >= 4 is 23.2 Å². The molecule has 2 heterocycles. The number of aromatic nitrogens is 1. The summed E-state index contributed by atoms with van der Waals surface area (Å²) in [6, 6.07) is 1.83. The number of carbonyl (C=O) groups is 1. The second-order valence-corrected chi connectivity index (χ2v) is 4.89. The normalized spacial score (nSPS) is 17.4. The first-order chi connectivity index (χ1) is 8.08. The monoisotopic (exact) mass is 253 g/mol. The van der Waals surface area contributed by atoms with E-state index >= 15 is 0 Å². The molecule has 0 spiro atoms. The van der Waals surface area contributed by atoms with Gasteiger partial charge in [0.1, 0.15) is 5.15 Å². The van der Waals surface area contributed by atoms with Crippen molar-refractivity contribution in [2.24, 2.45) is 11.8 Å². The average molecular weight is 254 g/mol. The quantitative estimate of drug-likeness (QED) is 0.809. The lowest BCUT2D eigenvalue weighted by Gasteiger charge is -2.31. The Morgan fingerprint density at radius 3 is 2.88 bits per heavy atom. The van der Waals surface area contributed by atoms with Gasteiger partial charge in [-0.3, -0.25) is 4.79 Å². The summed E-state index contributed by atoms with van der Waals surface area (Å²) in [7, 11) is 0. The molecule has 0 radical (unpaired) electrons. The second kappa shape index (κ2) is 5.02. The van der Waals surface area contributed by atoms with Gasteiger partial charge in [0, 0.05) is 5.92 Å². The SMILES string of the molecule is Cc1cc(NC(=O)C(C)C2CNC2)cnc1Cl. The lowest BCUT2D eigenvalue weighted by Crippen LogP contribution is -2.48. The molecule has 1 aromatic heterocycles. The zero-order valence-corrected chi connectivity index (χ0v) is 10.7. The van der Waals surface area contributed by atoms with Gasteiger partial charge < -0.3 is 10.6 Å². The Morgan fingerprint density at radius 1 is 1.65 bits per heavy atom. The number of pyridine rings is 1. The Balaban J connectivity index is 1.99. The highest BCUT2D eigenvalue weighted by Crippen LogP contribution is 2.20. The molecule has 0 bridgehead atoms. The maximum atomic E-state index is 11.9. The van der Waals surface area contributed by atoms with Crippen LogP contribution in [0.3, 0.4) is 0 Å². The van der Waals surface area contributed by atoms with E-state index in [-0.39, 0.29) is 11.8 Å². The zero-order valence-electron chi connectivity index (χ0n) is 9.96. The molecule has 2 N–H and O–H groups in total. The van der Waals surface area contributed by atoms with Crippen LogP contribution in [-0.2, 0) is 4.79 Å². The van der Waals surface area contributed by atoms with Crippen LogP contribution in [0.4, 0.5) is 5.69 Å². The number of amides is 1. The second-order valence-electron chi connectivity index (χ2n) is 4.53. The summed E-state index contributed by atoms with van der Waals surface area (Å²) < 4.78 is 0. The van der Waals surface area contributed by atoms with Crippen molar-refractivity contribution in [2.45, 2.75) is 13.8 Å². The molecule has 1 fully saturated rings. The maximum absolute atomic E-state index is 11.9. The van der Waals surface area contributed by atoms with Crippen LogP contribution in [0.1, 0.15) is 12.5 Å². The molecule has 1 aliphatic heterocycles. The van der Waals surface area contributed by atoms with Gasteiger partial charge in [-0.1, -0.05) is 18.5 Å². The largest absolute Gasteiger partial charge is 0.324 e. The van der Waals surface area contributed by atoms with Gasteiger partial charge in [-0.15, -0.1) is 0 Å². The van der Waals surface area contributed by atoms with E-state index < -0.39 is 0 Å². The first kappa shape index (κ1) is 12.3. The Morgan fingerprint density at radius 2 is 2.35 bits per heavy atom. The van der Waals surface area contributed by atoms with Crippen LogP contribution in [-0.4, -0.2) is 24.0 Å². The van der Waals surface area contributed by atoms with E-state index in [0.717, 1.165) is 18.7 Å². The van der Waals surface area contributed by atoms with Crippen molar-refractivity contribution in [2.75, 3.05) is 18.4 Å². The van der Waals surface area contributed by atoms with E-state index in [2.05, 4.69) is 15.6 Å². The first-order valence-corrected chi connectivity index (χ1v) is 6.09. The molecule has 1 aliphatic rings. The predicted octanol–water partition coefficient (Wildman–Crippen LogP) is 1.84. The number of aryl methyl sites for hydroxylation is 1. The molecular formula is C12H16ClN3O. The highest BCUT2D eigenvalue weighted by Gasteiger charge is 2.28. The molecule has 0 saturated carbocycles. The van der Waals surface area contributed by atoms with E-state index in [1.165, 1.54) is 0 Å². The van der Waals surface area contributed by atoms with Gasteiger partial charge in [-0.05, 0) is 37.6 Å². The van der Waals surface area contributed by atoms with Gasteiger partial charge in [-0.2, -0.15) is 0 Å². The minimum atomic E-state index is 0.0206. The van der Waals surface area contributed by atoms with Gasteiger partial charge in [0.25, 0.3) is 0 Å². The maximum Gasteiger partial charge on any atom is 0.227 e. The third kappa shape index (κ3) is 2.76. The highest BCUT2D eigenvalue weighted by molar-refractivity contribution is 6.30. The van der Waals surface area contributed by atoms with Gasteiger partial charge in [0.2, 0.25) is 5.91 Å². The van der Waals surface area contributed by atoms with Crippen LogP contribution in [0.25, 0.3) is 0 Å². The molecular weight excluding hydrogens is 238 g/mol. The molecule has 1 saturated heterocycles. The molecule has 1 aromatic rings. The van der Waals surface area contributed by atoms with Crippen LogP contribution < -0.4 is 10.6 Å². The third-order valence-corrected chi connectivity index (χ3v) is 3.61. The number of carbonyl (C=O) groups excluding carboxylic acids is 1. The number of hydrogen-bond donors (Lipinski definition) is 2. The smallest absolute Gasteiger partial charge is 0.227 e. The molecule has 17 heavy (non-hydrogen) atoms. The fraction of sp³-hybridized carbons (Fsp3) is 0.500. The molecule has 1 atom stereocenters. The molecule has 0 aliphatic carbocycles. The van der Waals surface area contributed by atoms with Gasteiger partial charge in [0.15, 0.2) is 0 Å². The number of nitrogens with zero attached hydrogens (tertiary/aromatic N) is 1. The number of nitrogens with one attached hydrogen (secondary N) is 2. The van der Waals surface area contributed by atoms with Crippen molar-refractivity contribution in [1.29, 1.82) is 0 Å². The number of halogens is 1.